The summed E-state index contributed by atoms with van der Waals surface area (Å²) in [5.74, 6) is 0. The molecule has 92 valence electrons. The molecule has 0 bridgehead atoms. The first-order valence-electron chi connectivity index (χ1n) is 6.50. The molecular weight excluding hydrogens is 202 g/mol. The lowest BCUT2D eigenvalue weighted by molar-refractivity contribution is 0.383. The van der Waals surface area contributed by atoms with E-state index < -0.39 is 8.32 Å². The molecule has 0 heterocycles. The van der Waals surface area contributed by atoms with Crippen molar-refractivity contribution in [1.29, 1.82) is 0 Å². The maximum Gasteiger partial charge on any atom is 0.192 e. The molecule has 0 aromatic carbocycles. The summed E-state index contributed by atoms with van der Waals surface area (Å²) in [6.45, 7) is 5.34. The standard InChI is InChI=1S/C12H29NOSi/c1-4-6-10-15(14-3,11-7-5-2)12-8-9-13/h4-13H2,1-3H3. The van der Waals surface area contributed by atoms with E-state index in [1.165, 1.54) is 43.8 Å². The van der Waals surface area contributed by atoms with Crippen molar-refractivity contribution in [2.75, 3.05) is 13.7 Å². The second-order valence-electron chi connectivity index (χ2n) is 4.49. The normalized spacial score (nSPS) is 12.0. The van der Waals surface area contributed by atoms with E-state index in [0.717, 1.165) is 13.0 Å². The van der Waals surface area contributed by atoms with Gasteiger partial charge < -0.3 is 10.2 Å². The first-order valence-corrected chi connectivity index (χ1v) is 9.03. The Morgan fingerprint density at radius 3 is 1.73 bits per heavy atom. The zero-order chi connectivity index (χ0) is 11.6. The zero-order valence-corrected chi connectivity index (χ0v) is 11.8. The Balaban J connectivity index is 4.16. The number of unbranched alkanes of at least 4 members (excludes halogenated alkanes) is 2. The zero-order valence-electron chi connectivity index (χ0n) is 10.8. The van der Waals surface area contributed by atoms with E-state index >= 15 is 0 Å². The molecule has 0 radical (unpaired) electrons. The monoisotopic (exact) mass is 231 g/mol. The van der Waals surface area contributed by atoms with Gasteiger partial charge in [0, 0.05) is 7.11 Å². The van der Waals surface area contributed by atoms with Crippen LogP contribution in [0.15, 0.2) is 0 Å². The Bertz CT molecular complexity index is 120. The van der Waals surface area contributed by atoms with Crippen molar-refractivity contribution in [2.45, 2.75) is 64.1 Å². The van der Waals surface area contributed by atoms with E-state index in [2.05, 4.69) is 13.8 Å². The SMILES string of the molecule is CCCC[Si](CCCC)(CCCN)OC. The molecule has 2 nitrogen and oxygen atoms in total. The second-order valence-corrected chi connectivity index (χ2v) is 8.76. The lowest BCUT2D eigenvalue weighted by atomic mass is 10.4. The summed E-state index contributed by atoms with van der Waals surface area (Å²) in [4.78, 5) is 0. The molecule has 0 unspecified atom stereocenters. The maximum absolute atomic E-state index is 5.93. The predicted octanol–water partition coefficient (Wildman–Crippen LogP) is 3.53. The van der Waals surface area contributed by atoms with Crippen molar-refractivity contribution < 1.29 is 4.43 Å². The quantitative estimate of drug-likeness (QED) is 0.584. The van der Waals surface area contributed by atoms with Gasteiger partial charge in [0.2, 0.25) is 0 Å². The third kappa shape index (κ3) is 6.33. The first kappa shape index (κ1) is 15.1. The fourth-order valence-corrected chi connectivity index (χ4v) is 6.31. The van der Waals surface area contributed by atoms with Crippen LogP contribution >= 0.6 is 0 Å². The molecule has 0 saturated heterocycles. The Hall–Kier alpha value is 0.137. The van der Waals surface area contributed by atoms with Gasteiger partial charge >= 0.3 is 0 Å². The molecular formula is C12H29NOSi. The largest absolute Gasteiger partial charge is 0.420 e. The van der Waals surface area contributed by atoms with Gasteiger partial charge in [-0.25, -0.2) is 0 Å². The minimum absolute atomic E-state index is 0.816. The van der Waals surface area contributed by atoms with E-state index in [-0.39, 0.29) is 0 Å². The number of nitrogens with two attached hydrogens (primary N) is 1. The topological polar surface area (TPSA) is 35.2 Å². The molecule has 0 saturated carbocycles. The van der Waals surface area contributed by atoms with Crippen molar-refractivity contribution in [2.24, 2.45) is 5.73 Å². The molecule has 15 heavy (non-hydrogen) atoms. The third-order valence-electron chi connectivity index (χ3n) is 3.24. The molecule has 0 fully saturated rings. The average Bonchev–Trinajstić information content (AvgIpc) is 2.29. The van der Waals surface area contributed by atoms with Gasteiger partial charge in [-0.2, -0.15) is 0 Å². The van der Waals surface area contributed by atoms with Crippen molar-refractivity contribution in [3.63, 3.8) is 0 Å². The van der Waals surface area contributed by atoms with Crippen LogP contribution in [0.25, 0.3) is 0 Å². The van der Waals surface area contributed by atoms with Gasteiger partial charge in [-0.15, -0.1) is 0 Å². The summed E-state index contributed by atoms with van der Waals surface area (Å²) >= 11 is 0. The van der Waals surface area contributed by atoms with Gasteiger partial charge in [-0.3, -0.25) is 0 Å². The van der Waals surface area contributed by atoms with Crippen molar-refractivity contribution in [1.82, 2.24) is 0 Å². The van der Waals surface area contributed by atoms with Crippen LogP contribution in [0.1, 0.15) is 46.0 Å². The molecule has 0 aliphatic carbocycles. The van der Waals surface area contributed by atoms with Crippen LogP contribution in [0.2, 0.25) is 18.1 Å². The van der Waals surface area contributed by atoms with Gasteiger partial charge in [0.1, 0.15) is 0 Å². The minimum atomic E-state index is -1.41. The molecule has 0 amide bonds. The molecule has 0 aliphatic heterocycles. The van der Waals surface area contributed by atoms with Crippen molar-refractivity contribution >= 4 is 8.32 Å². The van der Waals surface area contributed by atoms with Crippen LogP contribution in [-0.4, -0.2) is 22.0 Å². The smallest absolute Gasteiger partial charge is 0.192 e. The highest BCUT2D eigenvalue weighted by Crippen LogP contribution is 2.27. The summed E-state index contributed by atoms with van der Waals surface area (Å²) in [5.41, 5.74) is 5.61. The highest BCUT2D eigenvalue weighted by Gasteiger charge is 2.31. The van der Waals surface area contributed by atoms with Gasteiger partial charge in [-0.1, -0.05) is 39.5 Å². The van der Waals surface area contributed by atoms with Gasteiger partial charge in [0.15, 0.2) is 8.32 Å². The van der Waals surface area contributed by atoms with Gasteiger partial charge in [0.05, 0.1) is 0 Å². The molecule has 0 spiro atoms. The van der Waals surface area contributed by atoms with Crippen molar-refractivity contribution in [3.05, 3.63) is 0 Å². The number of hydrogen-bond acceptors (Lipinski definition) is 2. The van der Waals surface area contributed by atoms with E-state index in [1.54, 1.807) is 0 Å². The molecule has 0 atom stereocenters. The first-order chi connectivity index (χ1) is 7.24. The summed E-state index contributed by atoms with van der Waals surface area (Å²) in [6, 6.07) is 3.93. The number of rotatable bonds is 10. The van der Waals surface area contributed by atoms with Gasteiger partial charge in [0.25, 0.3) is 0 Å². The third-order valence-corrected chi connectivity index (χ3v) is 7.90. The molecule has 0 aliphatic rings. The van der Waals surface area contributed by atoms with E-state index in [4.69, 9.17) is 10.2 Å². The van der Waals surface area contributed by atoms with Crippen LogP contribution in [0.4, 0.5) is 0 Å². The van der Waals surface area contributed by atoms with Crippen molar-refractivity contribution in [3.8, 4) is 0 Å². The minimum Gasteiger partial charge on any atom is -0.420 e. The molecule has 0 aromatic rings. The lowest BCUT2D eigenvalue weighted by Crippen LogP contribution is -2.37. The average molecular weight is 231 g/mol. The van der Waals surface area contributed by atoms with E-state index in [1.807, 2.05) is 7.11 Å². The predicted molar refractivity (Wildman–Crippen MR) is 70.7 cm³/mol. The van der Waals surface area contributed by atoms with E-state index in [0.29, 0.717) is 0 Å². The molecule has 3 heteroatoms. The number of hydrogen-bond donors (Lipinski definition) is 1. The van der Waals surface area contributed by atoms with Crippen LogP contribution in [0, 0.1) is 0 Å². The Morgan fingerprint density at radius 1 is 0.933 bits per heavy atom. The van der Waals surface area contributed by atoms with Crippen LogP contribution < -0.4 is 5.73 Å². The van der Waals surface area contributed by atoms with Gasteiger partial charge in [-0.05, 0) is 31.1 Å². The van der Waals surface area contributed by atoms with Crippen LogP contribution in [0.5, 0.6) is 0 Å². The fraction of sp³-hybridized carbons (Fsp3) is 1.00. The Kier molecular flexibility index (Phi) is 9.45. The highest BCUT2D eigenvalue weighted by molar-refractivity contribution is 6.73. The second kappa shape index (κ2) is 9.37. The maximum atomic E-state index is 5.93. The molecule has 2 N–H and O–H groups in total. The summed E-state index contributed by atoms with van der Waals surface area (Å²) in [5, 5.41) is 0. The lowest BCUT2D eigenvalue weighted by Gasteiger charge is -2.29. The Morgan fingerprint density at radius 2 is 1.40 bits per heavy atom. The summed E-state index contributed by atoms with van der Waals surface area (Å²) in [7, 11) is 0.512. The molecule has 0 aromatic heterocycles. The fourth-order valence-electron chi connectivity index (χ4n) is 2.10. The Labute approximate surface area is 96.7 Å². The summed E-state index contributed by atoms with van der Waals surface area (Å²) in [6.07, 6.45) is 6.37. The van der Waals surface area contributed by atoms with E-state index in [9.17, 15) is 0 Å². The van der Waals surface area contributed by atoms with Crippen LogP contribution in [-0.2, 0) is 4.43 Å². The highest BCUT2D eigenvalue weighted by atomic mass is 28.4. The van der Waals surface area contributed by atoms with Crippen LogP contribution in [0.3, 0.4) is 0 Å². The summed E-state index contributed by atoms with van der Waals surface area (Å²) < 4.78 is 5.93. The molecule has 0 rings (SSSR count).